The molecule has 0 aliphatic rings. The van der Waals surface area contributed by atoms with Crippen molar-refractivity contribution in [1.29, 1.82) is 0 Å². The van der Waals surface area contributed by atoms with Crippen molar-refractivity contribution in [2.24, 2.45) is 0 Å². The lowest BCUT2D eigenvalue weighted by Gasteiger charge is -2.33. The normalized spacial score (nSPS) is 11.8. The molecule has 0 saturated carbocycles. The van der Waals surface area contributed by atoms with Crippen molar-refractivity contribution in [1.82, 2.24) is 10.2 Å². The van der Waals surface area contributed by atoms with Crippen molar-refractivity contribution in [3.63, 3.8) is 0 Å². The van der Waals surface area contributed by atoms with Gasteiger partial charge < -0.3 is 24.4 Å². The summed E-state index contributed by atoms with van der Waals surface area (Å²) in [5, 5.41) is 2.80. The third-order valence-electron chi connectivity index (χ3n) is 6.77. The van der Waals surface area contributed by atoms with Gasteiger partial charge >= 0.3 is 0 Å². The zero-order chi connectivity index (χ0) is 30.9. The second-order valence-electron chi connectivity index (χ2n) is 9.56. The molecule has 0 saturated heterocycles. The molecule has 11 heteroatoms. The minimum absolute atomic E-state index is 0.0732. The number of carbonyl (C=O) groups excluding carboxylic acids is 2. The predicted octanol–water partition coefficient (Wildman–Crippen LogP) is 4.16. The number of ether oxygens (including phenoxy) is 3. The Hall–Kier alpha value is -4.25. The molecule has 226 valence electrons. The van der Waals surface area contributed by atoms with Crippen LogP contribution in [-0.2, 0) is 26.2 Å². The van der Waals surface area contributed by atoms with Gasteiger partial charge in [-0.1, -0.05) is 36.8 Å². The monoisotopic (exact) mass is 597 g/mol. The first kappa shape index (κ1) is 32.3. The molecule has 1 atom stereocenters. The Bertz CT molecular complexity index is 1480. The number of nitrogens with zero attached hydrogens (tertiary/aromatic N) is 2. The average molecular weight is 598 g/mol. The minimum Gasteiger partial charge on any atom is -0.497 e. The third kappa shape index (κ3) is 7.52. The summed E-state index contributed by atoms with van der Waals surface area (Å²) in [5.41, 5.74) is 1.96. The number of hydrogen-bond donors (Lipinski definition) is 1. The van der Waals surface area contributed by atoms with Gasteiger partial charge in [-0.05, 0) is 62.2 Å². The first-order chi connectivity index (χ1) is 20.1. The van der Waals surface area contributed by atoms with Crippen LogP contribution in [0.4, 0.5) is 5.69 Å². The smallest absolute Gasteiger partial charge is 0.264 e. The molecule has 42 heavy (non-hydrogen) atoms. The van der Waals surface area contributed by atoms with Crippen LogP contribution in [0.15, 0.2) is 71.6 Å². The predicted molar refractivity (Wildman–Crippen MR) is 162 cm³/mol. The number of rotatable bonds is 14. The zero-order valence-electron chi connectivity index (χ0n) is 24.9. The molecule has 0 unspecified atom stereocenters. The van der Waals surface area contributed by atoms with E-state index in [4.69, 9.17) is 14.2 Å². The number of anilines is 1. The fourth-order valence-electron chi connectivity index (χ4n) is 4.52. The zero-order valence-corrected chi connectivity index (χ0v) is 25.7. The molecular weight excluding hydrogens is 558 g/mol. The highest BCUT2D eigenvalue weighted by Gasteiger charge is 2.34. The van der Waals surface area contributed by atoms with Crippen LogP contribution in [0.5, 0.6) is 17.2 Å². The Morgan fingerprint density at radius 1 is 0.881 bits per heavy atom. The average Bonchev–Trinajstić information content (AvgIpc) is 2.99. The van der Waals surface area contributed by atoms with E-state index in [0.29, 0.717) is 30.2 Å². The number of aryl methyl sites for hydroxylation is 1. The Morgan fingerprint density at radius 2 is 1.57 bits per heavy atom. The van der Waals surface area contributed by atoms with E-state index in [-0.39, 0.29) is 23.1 Å². The fourth-order valence-corrected chi connectivity index (χ4v) is 5.95. The van der Waals surface area contributed by atoms with Crippen molar-refractivity contribution in [2.45, 2.75) is 44.7 Å². The van der Waals surface area contributed by atoms with E-state index in [1.165, 1.54) is 37.3 Å². The largest absolute Gasteiger partial charge is 0.497 e. The standard InChI is InChI=1S/C31H39N3O7S/c1-7-27(31(36)32-8-2)33(20-23-10-9-11-25(18-23)39-4)30(35)21-34(24-14-12-22(3)13-15-24)42(37,38)26-16-17-28(40-5)29(19-26)41-6/h9-19,27H,7-8,20-21H2,1-6H3,(H,32,36)/t27-/m0/s1. The summed E-state index contributed by atoms with van der Waals surface area (Å²) >= 11 is 0. The molecule has 2 amide bonds. The number of nitrogens with one attached hydrogen (secondary N) is 1. The SMILES string of the molecule is CCNC(=O)[C@H](CC)N(Cc1cccc(OC)c1)C(=O)CN(c1ccc(C)cc1)S(=O)(=O)c1ccc(OC)c(OC)c1. The van der Waals surface area contributed by atoms with Crippen LogP contribution in [0.2, 0.25) is 0 Å². The van der Waals surface area contributed by atoms with Crippen molar-refractivity contribution in [3.05, 3.63) is 77.9 Å². The number of carbonyl (C=O) groups is 2. The second-order valence-corrected chi connectivity index (χ2v) is 11.4. The molecule has 3 rings (SSSR count). The van der Waals surface area contributed by atoms with Gasteiger partial charge in [-0.25, -0.2) is 8.42 Å². The maximum atomic E-state index is 14.1. The van der Waals surface area contributed by atoms with Gasteiger partial charge in [0.15, 0.2) is 11.5 Å². The summed E-state index contributed by atoms with van der Waals surface area (Å²) < 4.78 is 45.3. The summed E-state index contributed by atoms with van der Waals surface area (Å²) in [5.74, 6) is 0.340. The molecular formula is C31H39N3O7S. The third-order valence-corrected chi connectivity index (χ3v) is 8.54. The van der Waals surface area contributed by atoms with Crippen molar-refractivity contribution < 1.29 is 32.2 Å². The molecule has 0 aliphatic heterocycles. The first-order valence-electron chi connectivity index (χ1n) is 13.6. The van der Waals surface area contributed by atoms with Gasteiger partial charge in [0.1, 0.15) is 18.3 Å². The molecule has 0 heterocycles. The van der Waals surface area contributed by atoms with Crippen LogP contribution in [0, 0.1) is 6.92 Å². The molecule has 1 N–H and O–H groups in total. The molecule has 0 fully saturated rings. The van der Waals surface area contributed by atoms with E-state index >= 15 is 0 Å². The van der Waals surface area contributed by atoms with Crippen LogP contribution < -0.4 is 23.8 Å². The van der Waals surface area contributed by atoms with Crippen molar-refractivity contribution in [2.75, 3.05) is 38.7 Å². The molecule has 0 radical (unpaired) electrons. The van der Waals surface area contributed by atoms with E-state index < -0.39 is 28.5 Å². The van der Waals surface area contributed by atoms with Crippen molar-refractivity contribution >= 4 is 27.5 Å². The molecule has 10 nitrogen and oxygen atoms in total. The van der Waals surface area contributed by atoms with Crippen LogP contribution >= 0.6 is 0 Å². The van der Waals surface area contributed by atoms with Gasteiger partial charge in [-0.15, -0.1) is 0 Å². The van der Waals surface area contributed by atoms with Crippen LogP contribution in [0.25, 0.3) is 0 Å². The summed E-state index contributed by atoms with van der Waals surface area (Å²) in [7, 11) is 0.148. The quantitative estimate of drug-likeness (QED) is 0.297. The van der Waals surface area contributed by atoms with Crippen LogP contribution in [0.1, 0.15) is 31.4 Å². The number of methoxy groups -OCH3 is 3. The van der Waals surface area contributed by atoms with Gasteiger partial charge in [0.05, 0.1) is 31.9 Å². The lowest BCUT2D eigenvalue weighted by molar-refractivity contribution is -0.140. The van der Waals surface area contributed by atoms with Gasteiger partial charge in [0.2, 0.25) is 11.8 Å². The van der Waals surface area contributed by atoms with E-state index in [1.807, 2.05) is 19.9 Å². The Kier molecular flexibility index (Phi) is 11.2. The highest BCUT2D eigenvalue weighted by atomic mass is 32.2. The maximum Gasteiger partial charge on any atom is 0.264 e. The molecule has 3 aromatic carbocycles. The fraction of sp³-hybridized carbons (Fsp3) is 0.355. The Labute approximate surface area is 248 Å². The molecule has 0 spiro atoms. The number of amides is 2. The minimum atomic E-state index is -4.27. The number of sulfonamides is 1. The van der Waals surface area contributed by atoms with E-state index in [1.54, 1.807) is 56.5 Å². The Morgan fingerprint density at radius 3 is 2.17 bits per heavy atom. The number of hydrogen-bond acceptors (Lipinski definition) is 7. The van der Waals surface area contributed by atoms with E-state index in [9.17, 15) is 18.0 Å². The van der Waals surface area contributed by atoms with Crippen molar-refractivity contribution in [3.8, 4) is 17.2 Å². The summed E-state index contributed by atoms with van der Waals surface area (Å²) in [6, 6.07) is 17.5. The lowest BCUT2D eigenvalue weighted by atomic mass is 10.1. The van der Waals surface area contributed by atoms with Gasteiger partial charge in [-0.3, -0.25) is 13.9 Å². The van der Waals surface area contributed by atoms with Crippen LogP contribution in [0.3, 0.4) is 0 Å². The highest BCUT2D eigenvalue weighted by Crippen LogP contribution is 2.32. The van der Waals surface area contributed by atoms with Gasteiger partial charge in [0.25, 0.3) is 10.0 Å². The maximum absolute atomic E-state index is 14.1. The number of likely N-dealkylation sites (N-methyl/N-ethyl adjacent to an activating group) is 1. The summed E-state index contributed by atoms with van der Waals surface area (Å²) in [6.07, 6.45) is 0.328. The highest BCUT2D eigenvalue weighted by molar-refractivity contribution is 7.92. The first-order valence-corrected chi connectivity index (χ1v) is 15.0. The molecule has 3 aromatic rings. The topological polar surface area (TPSA) is 114 Å². The molecule has 0 aromatic heterocycles. The Balaban J connectivity index is 2.10. The second kappa shape index (κ2) is 14.6. The van der Waals surface area contributed by atoms with Crippen LogP contribution in [-0.4, -0.2) is 65.6 Å². The summed E-state index contributed by atoms with van der Waals surface area (Å²) in [4.78, 5) is 28.6. The molecule has 0 bridgehead atoms. The van der Waals surface area contributed by atoms with Gasteiger partial charge in [-0.2, -0.15) is 0 Å². The lowest BCUT2D eigenvalue weighted by Crippen LogP contribution is -2.52. The van der Waals surface area contributed by atoms with Gasteiger partial charge in [0, 0.05) is 19.2 Å². The molecule has 0 aliphatic carbocycles. The summed E-state index contributed by atoms with van der Waals surface area (Å²) in [6.45, 7) is 5.41. The van der Waals surface area contributed by atoms with E-state index in [0.717, 1.165) is 15.4 Å². The number of benzene rings is 3. The van der Waals surface area contributed by atoms with E-state index in [2.05, 4.69) is 5.32 Å².